The van der Waals surface area contributed by atoms with Crippen LogP contribution in [0.2, 0.25) is 0 Å². The second-order valence-electron chi connectivity index (χ2n) is 7.30. The summed E-state index contributed by atoms with van der Waals surface area (Å²) in [6.45, 7) is 0.499. The SMILES string of the molecule is COc1ccc(-c2noc(CCC(=O)NCC(c3ccc(OC)cc3)N(C)C)n2)cc1. The molecule has 8 nitrogen and oxygen atoms in total. The number of likely N-dealkylation sites (N-methyl/N-ethyl adjacent to an activating group) is 1. The van der Waals surface area contributed by atoms with Gasteiger partial charge in [-0.2, -0.15) is 4.98 Å². The first-order chi connectivity index (χ1) is 15.0. The molecule has 0 aliphatic carbocycles. The van der Waals surface area contributed by atoms with Crippen molar-refractivity contribution in [3.8, 4) is 22.9 Å². The lowest BCUT2D eigenvalue weighted by Gasteiger charge is -2.25. The normalized spacial score (nSPS) is 11.9. The number of nitrogens with zero attached hydrogens (tertiary/aromatic N) is 3. The monoisotopic (exact) mass is 424 g/mol. The van der Waals surface area contributed by atoms with E-state index in [-0.39, 0.29) is 18.4 Å². The number of rotatable bonds is 10. The summed E-state index contributed by atoms with van der Waals surface area (Å²) in [4.78, 5) is 18.8. The topological polar surface area (TPSA) is 89.7 Å². The minimum Gasteiger partial charge on any atom is -0.497 e. The summed E-state index contributed by atoms with van der Waals surface area (Å²) >= 11 is 0. The van der Waals surface area contributed by atoms with Crippen molar-refractivity contribution in [3.05, 3.63) is 60.0 Å². The summed E-state index contributed by atoms with van der Waals surface area (Å²) in [5, 5.41) is 6.99. The average Bonchev–Trinajstić information content (AvgIpc) is 3.27. The van der Waals surface area contributed by atoms with Crippen molar-refractivity contribution in [1.82, 2.24) is 20.4 Å². The van der Waals surface area contributed by atoms with Gasteiger partial charge in [0.05, 0.1) is 20.3 Å². The van der Waals surface area contributed by atoms with Crippen LogP contribution in [0.1, 0.15) is 23.9 Å². The number of benzene rings is 2. The zero-order chi connectivity index (χ0) is 22.2. The average molecular weight is 425 g/mol. The molecule has 1 unspecified atom stereocenters. The highest BCUT2D eigenvalue weighted by Gasteiger charge is 2.16. The third-order valence-corrected chi connectivity index (χ3v) is 5.00. The Labute approximate surface area is 182 Å². The van der Waals surface area contributed by atoms with Gasteiger partial charge in [-0.05, 0) is 56.1 Å². The fourth-order valence-corrected chi connectivity index (χ4v) is 3.16. The Kier molecular flexibility index (Phi) is 7.61. The van der Waals surface area contributed by atoms with Gasteiger partial charge in [0.15, 0.2) is 0 Å². The predicted molar refractivity (Wildman–Crippen MR) is 117 cm³/mol. The molecule has 3 aromatic rings. The zero-order valence-corrected chi connectivity index (χ0v) is 18.3. The van der Waals surface area contributed by atoms with E-state index in [1.54, 1.807) is 14.2 Å². The van der Waals surface area contributed by atoms with E-state index in [0.29, 0.717) is 24.7 Å². The number of carbonyl (C=O) groups is 1. The molecule has 0 saturated heterocycles. The lowest BCUT2D eigenvalue weighted by atomic mass is 10.1. The molecule has 0 fully saturated rings. The molecule has 0 bridgehead atoms. The van der Waals surface area contributed by atoms with E-state index in [9.17, 15) is 4.79 Å². The standard InChI is InChI=1S/C23H28N4O4/c1-27(2)20(16-5-9-18(29-3)10-6-16)15-24-21(28)13-14-22-25-23(26-31-22)17-7-11-19(30-4)12-8-17/h5-12,20H,13-15H2,1-4H3,(H,24,28). The van der Waals surface area contributed by atoms with Crippen molar-refractivity contribution in [2.24, 2.45) is 0 Å². The van der Waals surface area contributed by atoms with E-state index in [1.807, 2.05) is 62.6 Å². The maximum absolute atomic E-state index is 12.4. The largest absolute Gasteiger partial charge is 0.497 e. The number of hydrogen-bond donors (Lipinski definition) is 1. The molecule has 0 aliphatic heterocycles. The molecule has 0 saturated carbocycles. The first-order valence-corrected chi connectivity index (χ1v) is 10.0. The molecule has 1 amide bonds. The van der Waals surface area contributed by atoms with E-state index in [1.165, 1.54) is 0 Å². The van der Waals surface area contributed by atoms with Crippen LogP contribution in [0.5, 0.6) is 11.5 Å². The molecule has 31 heavy (non-hydrogen) atoms. The Balaban J connectivity index is 1.51. The maximum Gasteiger partial charge on any atom is 0.227 e. The second kappa shape index (κ2) is 10.6. The molecule has 1 aromatic heterocycles. The summed E-state index contributed by atoms with van der Waals surface area (Å²) in [6, 6.07) is 15.3. The Bertz CT molecular complexity index is 968. The number of amides is 1. The van der Waals surface area contributed by atoms with Gasteiger partial charge in [0, 0.05) is 24.9 Å². The highest BCUT2D eigenvalue weighted by molar-refractivity contribution is 5.76. The molecule has 1 heterocycles. The van der Waals surface area contributed by atoms with Crippen molar-refractivity contribution >= 4 is 5.91 Å². The van der Waals surface area contributed by atoms with E-state index >= 15 is 0 Å². The molecule has 1 N–H and O–H groups in total. The number of aryl methyl sites for hydroxylation is 1. The fourth-order valence-electron chi connectivity index (χ4n) is 3.16. The van der Waals surface area contributed by atoms with Crippen LogP contribution in [-0.4, -0.2) is 55.8 Å². The Morgan fingerprint density at radius 2 is 1.65 bits per heavy atom. The van der Waals surface area contributed by atoms with Gasteiger partial charge in [0.25, 0.3) is 0 Å². The lowest BCUT2D eigenvalue weighted by Crippen LogP contribution is -2.34. The van der Waals surface area contributed by atoms with Gasteiger partial charge in [-0.1, -0.05) is 17.3 Å². The van der Waals surface area contributed by atoms with Crippen molar-refractivity contribution in [2.75, 3.05) is 34.9 Å². The zero-order valence-electron chi connectivity index (χ0n) is 18.3. The van der Waals surface area contributed by atoms with Gasteiger partial charge in [0.2, 0.25) is 17.6 Å². The number of ether oxygens (including phenoxy) is 2. The van der Waals surface area contributed by atoms with E-state index in [2.05, 4.69) is 20.4 Å². The number of hydrogen-bond acceptors (Lipinski definition) is 7. The van der Waals surface area contributed by atoms with Crippen LogP contribution in [0.3, 0.4) is 0 Å². The van der Waals surface area contributed by atoms with Gasteiger partial charge in [0.1, 0.15) is 11.5 Å². The third kappa shape index (κ3) is 6.05. The highest BCUT2D eigenvalue weighted by Crippen LogP contribution is 2.21. The first kappa shape index (κ1) is 22.3. The highest BCUT2D eigenvalue weighted by atomic mass is 16.5. The van der Waals surface area contributed by atoms with Crippen molar-refractivity contribution in [2.45, 2.75) is 18.9 Å². The van der Waals surface area contributed by atoms with Gasteiger partial charge < -0.3 is 24.2 Å². The van der Waals surface area contributed by atoms with Gasteiger partial charge in [-0.25, -0.2) is 0 Å². The summed E-state index contributed by atoms with van der Waals surface area (Å²) in [5.41, 5.74) is 1.93. The van der Waals surface area contributed by atoms with Crippen molar-refractivity contribution in [1.29, 1.82) is 0 Å². The predicted octanol–water partition coefficient (Wildman–Crippen LogP) is 3.11. The number of aromatic nitrogens is 2. The lowest BCUT2D eigenvalue weighted by molar-refractivity contribution is -0.121. The molecule has 2 aromatic carbocycles. The molecule has 8 heteroatoms. The van der Waals surface area contributed by atoms with Gasteiger partial charge >= 0.3 is 0 Å². The maximum atomic E-state index is 12.4. The molecular formula is C23H28N4O4. The molecule has 1 atom stereocenters. The molecule has 3 rings (SSSR count). The van der Waals surface area contributed by atoms with Crippen molar-refractivity contribution < 1.29 is 18.8 Å². The molecular weight excluding hydrogens is 396 g/mol. The summed E-state index contributed by atoms with van der Waals surface area (Å²) < 4.78 is 15.7. The van der Waals surface area contributed by atoms with Crippen LogP contribution in [0.15, 0.2) is 53.1 Å². The van der Waals surface area contributed by atoms with E-state index < -0.39 is 0 Å². The van der Waals surface area contributed by atoms with Crippen LogP contribution < -0.4 is 14.8 Å². The smallest absolute Gasteiger partial charge is 0.227 e. The van der Waals surface area contributed by atoms with Gasteiger partial charge in [-0.3, -0.25) is 4.79 Å². The molecule has 0 radical (unpaired) electrons. The Hall–Kier alpha value is -3.39. The Morgan fingerprint density at radius 3 is 2.23 bits per heavy atom. The number of carbonyl (C=O) groups excluding carboxylic acids is 1. The summed E-state index contributed by atoms with van der Waals surface area (Å²) in [6.07, 6.45) is 0.650. The summed E-state index contributed by atoms with van der Waals surface area (Å²) in [5.74, 6) is 2.42. The van der Waals surface area contributed by atoms with Crippen LogP contribution in [0.4, 0.5) is 0 Å². The minimum atomic E-state index is -0.0652. The fraction of sp³-hybridized carbons (Fsp3) is 0.348. The molecule has 164 valence electrons. The molecule has 0 spiro atoms. The second-order valence-corrected chi connectivity index (χ2v) is 7.30. The Morgan fingerprint density at radius 1 is 1.03 bits per heavy atom. The third-order valence-electron chi connectivity index (χ3n) is 5.00. The van der Waals surface area contributed by atoms with Gasteiger partial charge in [-0.15, -0.1) is 0 Å². The van der Waals surface area contributed by atoms with E-state index in [0.717, 1.165) is 22.6 Å². The summed E-state index contributed by atoms with van der Waals surface area (Å²) in [7, 11) is 7.23. The van der Waals surface area contributed by atoms with E-state index in [4.69, 9.17) is 14.0 Å². The van der Waals surface area contributed by atoms with Crippen LogP contribution >= 0.6 is 0 Å². The first-order valence-electron chi connectivity index (χ1n) is 10.0. The van der Waals surface area contributed by atoms with Crippen molar-refractivity contribution in [3.63, 3.8) is 0 Å². The number of methoxy groups -OCH3 is 2. The molecule has 0 aliphatic rings. The van der Waals surface area contributed by atoms with Crippen LogP contribution in [0.25, 0.3) is 11.4 Å². The van der Waals surface area contributed by atoms with Crippen LogP contribution in [-0.2, 0) is 11.2 Å². The quantitative estimate of drug-likeness (QED) is 0.535. The van der Waals surface area contributed by atoms with Crippen LogP contribution in [0, 0.1) is 0 Å². The number of nitrogens with one attached hydrogen (secondary N) is 1. The minimum absolute atomic E-state index is 0.0555.